The van der Waals surface area contributed by atoms with E-state index in [0.717, 1.165) is 30.7 Å². The molecule has 0 amide bonds. The van der Waals surface area contributed by atoms with E-state index in [4.69, 9.17) is 4.74 Å². The molecule has 0 radical (unpaired) electrons. The van der Waals surface area contributed by atoms with E-state index < -0.39 is 0 Å². The third-order valence-electron chi connectivity index (χ3n) is 7.38. The molecule has 0 unspecified atom stereocenters. The van der Waals surface area contributed by atoms with E-state index in [1.54, 1.807) is 0 Å². The van der Waals surface area contributed by atoms with Crippen molar-refractivity contribution in [1.29, 1.82) is 0 Å². The first-order valence-electron chi connectivity index (χ1n) is 11.2. The molecule has 0 atom stereocenters. The van der Waals surface area contributed by atoms with Gasteiger partial charge in [-0.1, -0.05) is 13.8 Å². The van der Waals surface area contributed by atoms with Crippen molar-refractivity contribution in [3.63, 3.8) is 0 Å². The predicted molar refractivity (Wildman–Crippen MR) is 106 cm³/mol. The molecule has 0 aromatic heterocycles. The van der Waals surface area contributed by atoms with Gasteiger partial charge in [-0.05, 0) is 70.1 Å². The van der Waals surface area contributed by atoms with E-state index in [0.29, 0.717) is 12.6 Å². The van der Waals surface area contributed by atoms with Crippen LogP contribution in [0.1, 0.15) is 72.1 Å². The van der Waals surface area contributed by atoms with E-state index in [1.807, 2.05) is 6.92 Å². The van der Waals surface area contributed by atoms with Crippen LogP contribution in [0.3, 0.4) is 0 Å². The molecule has 1 saturated heterocycles. The van der Waals surface area contributed by atoms with Crippen molar-refractivity contribution in [3.8, 4) is 0 Å². The fourth-order valence-corrected chi connectivity index (χ4v) is 5.54. The number of ether oxygens (including phenoxy) is 1. The smallest absolute Gasteiger partial charge is 0.308 e. The van der Waals surface area contributed by atoms with Gasteiger partial charge in [0.25, 0.3) is 0 Å². The van der Waals surface area contributed by atoms with Gasteiger partial charge < -0.3 is 4.74 Å². The molecule has 2 saturated carbocycles. The van der Waals surface area contributed by atoms with Crippen LogP contribution in [0.25, 0.3) is 0 Å². The molecule has 3 rings (SSSR count). The highest BCUT2D eigenvalue weighted by Gasteiger charge is 2.34. The number of hydrogen-bond donors (Lipinski definition) is 0. The average Bonchev–Trinajstić information content (AvgIpc) is 2.68. The highest BCUT2D eigenvalue weighted by molar-refractivity contribution is 5.72. The standard InChI is InChI=1S/C22H40N2O2/c1-4-26-22(25)19-7-11-21(12-8-19)24-15-13-23(14-16-24)20-9-5-18(6-10-20)17(2)3/h17-21H,4-16H2,1-3H3. The number of carbonyl (C=O) groups is 1. The van der Waals surface area contributed by atoms with Gasteiger partial charge in [0.15, 0.2) is 0 Å². The van der Waals surface area contributed by atoms with E-state index >= 15 is 0 Å². The Morgan fingerprint density at radius 1 is 0.846 bits per heavy atom. The molecular weight excluding hydrogens is 324 g/mol. The first-order valence-corrected chi connectivity index (χ1v) is 11.2. The maximum Gasteiger partial charge on any atom is 0.308 e. The van der Waals surface area contributed by atoms with Gasteiger partial charge in [0.2, 0.25) is 0 Å². The third kappa shape index (κ3) is 5.01. The fourth-order valence-electron chi connectivity index (χ4n) is 5.54. The van der Waals surface area contributed by atoms with Gasteiger partial charge in [-0.25, -0.2) is 0 Å². The zero-order valence-electron chi connectivity index (χ0n) is 17.3. The normalized spacial score (nSPS) is 34.8. The largest absolute Gasteiger partial charge is 0.466 e. The zero-order valence-corrected chi connectivity index (χ0v) is 17.3. The van der Waals surface area contributed by atoms with Crippen LogP contribution < -0.4 is 0 Å². The molecule has 3 fully saturated rings. The summed E-state index contributed by atoms with van der Waals surface area (Å²) in [6, 6.07) is 1.53. The van der Waals surface area contributed by atoms with E-state index in [2.05, 4.69) is 23.6 Å². The summed E-state index contributed by atoms with van der Waals surface area (Å²) in [6.45, 7) is 12.1. The molecule has 4 heteroatoms. The number of hydrogen-bond acceptors (Lipinski definition) is 4. The molecule has 1 aliphatic heterocycles. The maximum atomic E-state index is 11.9. The first-order chi connectivity index (χ1) is 12.6. The minimum Gasteiger partial charge on any atom is -0.466 e. The number of esters is 1. The maximum absolute atomic E-state index is 11.9. The second kappa shape index (κ2) is 9.54. The minimum atomic E-state index is 0.0350. The summed E-state index contributed by atoms with van der Waals surface area (Å²) in [5.74, 6) is 2.01. The molecule has 0 spiro atoms. The molecule has 0 N–H and O–H groups in total. The second-order valence-electron chi connectivity index (χ2n) is 9.14. The van der Waals surface area contributed by atoms with Crippen LogP contribution >= 0.6 is 0 Å². The molecule has 4 nitrogen and oxygen atoms in total. The Morgan fingerprint density at radius 2 is 1.31 bits per heavy atom. The Kier molecular flexibility index (Phi) is 7.39. The predicted octanol–water partition coefficient (Wildman–Crippen LogP) is 3.94. The summed E-state index contributed by atoms with van der Waals surface area (Å²) < 4.78 is 5.21. The van der Waals surface area contributed by atoms with Gasteiger partial charge in [-0.3, -0.25) is 14.6 Å². The Balaban J connectivity index is 1.37. The van der Waals surface area contributed by atoms with Crippen LogP contribution in [0, 0.1) is 17.8 Å². The minimum absolute atomic E-state index is 0.0350. The molecule has 150 valence electrons. The Morgan fingerprint density at radius 3 is 1.73 bits per heavy atom. The SMILES string of the molecule is CCOC(=O)C1CCC(N2CCN(C3CCC(C(C)C)CC3)CC2)CC1. The van der Waals surface area contributed by atoms with Crippen molar-refractivity contribution in [2.24, 2.45) is 17.8 Å². The van der Waals surface area contributed by atoms with Crippen LogP contribution in [-0.2, 0) is 9.53 Å². The van der Waals surface area contributed by atoms with Crippen LogP contribution in [0.15, 0.2) is 0 Å². The van der Waals surface area contributed by atoms with Crippen LogP contribution in [0.5, 0.6) is 0 Å². The van der Waals surface area contributed by atoms with Crippen molar-refractivity contribution in [1.82, 2.24) is 9.80 Å². The van der Waals surface area contributed by atoms with Gasteiger partial charge in [0, 0.05) is 38.3 Å². The lowest BCUT2D eigenvalue weighted by Gasteiger charge is -2.45. The second-order valence-corrected chi connectivity index (χ2v) is 9.14. The van der Waals surface area contributed by atoms with E-state index in [9.17, 15) is 4.79 Å². The summed E-state index contributed by atoms with van der Waals surface area (Å²) >= 11 is 0. The van der Waals surface area contributed by atoms with Gasteiger partial charge >= 0.3 is 5.97 Å². The molecule has 0 bridgehead atoms. The third-order valence-corrected chi connectivity index (χ3v) is 7.38. The Hall–Kier alpha value is -0.610. The lowest BCUT2D eigenvalue weighted by Crippen LogP contribution is -2.54. The molecular formula is C22H40N2O2. The lowest BCUT2D eigenvalue weighted by atomic mass is 9.79. The van der Waals surface area contributed by atoms with Gasteiger partial charge in [0.05, 0.1) is 12.5 Å². The molecule has 2 aliphatic carbocycles. The molecule has 0 aromatic rings. The van der Waals surface area contributed by atoms with Crippen LogP contribution in [-0.4, -0.2) is 60.6 Å². The van der Waals surface area contributed by atoms with Crippen molar-refractivity contribution >= 4 is 5.97 Å². The molecule has 1 heterocycles. The van der Waals surface area contributed by atoms with Gasteiger partial charge in [-0.15, -0.1) is 0 Å². The number of carbonyl (C=O) groups excluding carboxylic acids is 1. The molecule has 0 aromatic carbocycles. The first kappa shape index (κ1) is 20.1. The molecule has 3 aliphatic rings. The van der Waals surface area contributed by atoms with Crippen molar-refractivity contribution in [2.45, 2.75) is 84.2 Å². The monoisotopic (exact) mass is 364 g/mol. The highest BCUT2D eigenvalue weighted by Crippen LogP contribution is 2.33. The zero-order chi connectivity index (χ0) is 18.5. The number of nitrogens with zero attached hydrogens (tertiary/aromatic N) is 2. The highest BCUT2D eigenvalue weighted by atomic mass is 16.5. The van der Waals surface area contributed by atoms with Crippen molar-refractivity contribution < 1.29 is 9.53 Å². The van der Waals surface area contributed by atoms with Crippen LogP contribution in [0.2, 0.25) is 0 Å². The summed E-state index contributed by atoms with van der Waals surface area (Å²) in [6.07, 6.45) is 10.1. The summed E-state index contributed by atoms with van der Waals surface area (Å²) in [5, 5.41) is 0. The fraction of sp³-hybridized carbons (Fsp3) is 0.955. The Bertz CT molecular complexity index is 429. The summed E-state index contributed by atoms with van der Waals surface area (Å²) in [7, 11) is 0. The van der Waals surface area contributed by atoms with E-state index in [1.165, 1.54) is 64.7 Å². The van der Waals surface area contributed by atoms with Gasteiger partial charge in [-0.2, -0.15) is 0 Å². The van der Waals surface area contributed by atoms with E-state index in [-0.39, 0.29) is 11.9 Å². The van der Waals surface area contributed by atoms with Gasteiger partial charge in [0.1, 0.15) is 0 Å². The van der Waals surface area contributed by atoms with Crippen molar-refractivity contribution in [3.05, 3.63) is 0 Å². The number of rotatable bonds is 5. The van der Waals surface area contributed by atoms with Crippen LogP contribution in [0.4, 0.5) is 0 Å². The van der Waals surface area contributed by atoms with Crippen molar-refractivity contribution in [2.75, 3.05) is 32.8 Å². The quantitative estimate of drug-likeness (QED) is 0.692. The number of piperazine rings is 1. The summed E-state index contributed by atoms with van der Waals surface area (Å²) in [5.41, 5.74) is 0. The average molecular weight is 365 g/mol. The Labute approximate surface area is 160 Å². The molecule has 26 heavy (non-hydrogen) atoms. The lowest BCUT2D eigenvalue weighted by molar-refractivity contribution is -0.149. The summed E-state index contributed by atoms with van der Waals surface area (Å²) in [4.78, 5) is 17.4. The topological polar surface area (TPSA) is 32.8 Å².